The number of aliphatic hydroxyl groups is 1. The molecule has 0 saturated heterocycles. The molecule has 0 radical (unpaired) electrons. The Labute approximate surface area is 85.9 Å². The second-order valence-electron chi connectivity index (χ2n) is 2.69. The van der Waals surface area contributed by atoms with E-state index in [1.165, 1.54) is 6.08 Å². The Morgan fingerprint density at radius 1 is 1.43 bits per heavy atom. The van der Waals surface area contributed by atoms with Gasteiger partial charge in [-0.05, 0) is 26.0 Å². The molecule has 0 heterocycles. The quantitative estimate of drug-likeness (QED) is 0.400. The Morgan fingerprint density at radius 2 is 2.14 bits per heavy atom. The van der Waals surface area contributed by atoms with Crippen molar-refractivity contribution in [3.05, 3.63) is 48.8 Å². The molecule has 1 N–H and O–H groups in total. The van der Waals surface area contributed by atoms with Crippen molar-refractivity contribution >= 4 is 0 Å². The van der Waals surface area contributed by atoms with Crippen molar-refractivity contribution < 1.29 is 9.84 Å². The average molecular weight is 194 g/mol. The van der Waals surface area contributed by atoms with Crippen molar-refractivity contribution in [3.8, 4) is 0 Å². The summed E-state index contributed by atoms with van der Waals surface area (Å²) in [6.45, 7) is 7.53. The number of allylic oxidation sites excluding steroid dienone is 5. The van der Waals surface area contributed by atoms with Crippen LogP contribution in [0.4, 0.5) is 0 Å². The first-order valence-corrected chi connectivity index (χ1v) is 4.63. The SMILES string of the molecule is C=CC(O)COC(/C=C\C=C/C)=C/C. The van der Waals surface area contributed by atoms with Crippen LogP contribution in [-0.4, -0.2) is 17.8 Å². The summed E-state index contributed by atoms with van der Waals surface area (Å²) in [6, 6.07) is 0. The van der Waals surface area contributed by atoms with Crippen LogP contribution < -0.4 is 0 Å². The summed E-state index contributed by atoms with van der Waals surface area (Å²) in [6.07, 6.45) is 10.3. The predicted molar refractivity (Wildman–Crippen MR) is 59.9 cm³/mol. The molecule has 1 atom stereocenters. The Hall–Kier alpha value is -1.28. The second kappa shape index (κ2) is 8.32. The van der Waals surface area contributed by atoms with E-state index in [1.54, 1.807) is 0 Å². The van der Waals surface area contributed by atoms with Gasteiger partial charge in [0.2, 0.25) is 0 Å². The van der Waals surface area contributed by atoms with Gasteiger partial charge in [0.1, 0.15) is 18.5 Å². The second-order valence-corrected chi connectivity index (χ2v) is 2.69. The van der Waals surface area contributed by atoms with Crippen molar-refractivity contribution in [2.24, 2.45) is 0 Å². The van der Waals surface area contributed by atoms with Gasteiger partial charge in [0.25, 0.3) is 0 Å². The maximum absolute atomic E-state index is 9.17. The normalized spacial score (nSPS) is 14.9. The first-order valence-electron chi connectivity index (χ1n) is 4.63. The van der Waals surface area contributed by atoms with E-state index in [4.69, 9.17) is 9.84 Å². The van der Waals surface area contributed by atoms with E-state index in [9.17, 15) is 0 Å². The topological polar surface area (TPSA) is 29.5 Å². The highest BCUT2D eigenvalue weighted by atomic mass is 16.5. The molecule has 0 rings (SSSR count). The molecule has 14 heavy (non-hydrogen) atoms. The molecule has 2 heteroatoms. The number of hydrogen-bond donors (Lipinski definition) is 1. The zero-order valence-corrected chi connectivity index (χ0v) is 8.81. The van der Waals surface area contributed by atoms with Crippen molar-refractivity contribution in [2.75, 3.05) is 6.61 Å². The van der Waals surface area contributed by atoms with E-state index in [0.29, 0.717) is 0 Å². The number of hydrogen-bond acceptors (Lipinski definition) is 2. The van der Waals surface area contributed by atoms with E-state index < -0.39 is 6.10 Å². The lowest BCUT2D eigenvalue weighted by Crippen LogP contribution is -2.10. The fraction of sp³-hybridized carbons (Fsp3) is 0.333. The summed E-state index contributed by atoms with van der Waals surface area (Å²) in [5.74, 6) is 0.740. The highest BCUT2D eigenvalue weighted by Crippen LogP contribution is 2.01. The molecular weight excluding hydrogens is 176 g/mol. The van der Waals surface area contributed by atoms with E-state index in [1.807, 2.05) is 44.2 Å². The number of rotatable bonds is 6. The summed E-state index contributed by atoms with van der Waals surface area (Å²) in [4.78, 5) is 0. The Bertz CT molecular complexity index is 237. The third kappa shape index (κ3) is 6.26. The van der Waals surface area contributed by atoms with Crippen LogP contribution in [0.3, 0.4) is 0 Å². The van der Waals surface area contributed by atoms with E-state index in [0.717, 1.165) is 5.76 Å². The molecule has 2 nitrogen and oxygen atoms in total. The van der Waals surface area contributed by atoms with Gasteiger partial charge in [-0.3, -0.25) is 0 Å². The van der Waals surface area contributed by atoms with Crippen LogP contribution in [0.15, 0.2) is 48.8 Å². The Kier molecular flexibility index (Phi) is 7.56. The molecule has 0 aliphatic carbocycles. The molecule has 0 aliphatic heterocycles. The monoisotopic (exact) mass is 194 g/mol. The van der Waals surface area contributed by atoms with Gasteiger partial charge in [0.05, 0.1) is 0 Å². The summed E-state index contributed by atoms with van der Waals surface area (Å²) >= 11 is 0. The largest absolute Gasteiger partial charge is 0.491 e. The van der Waals surface area contributed by atoms with Gasteiger partial charge in [-0.25, -0.2) is 0 Å². The minimum Gasteiger partial charge on any atom is -0.491 e. The minimum atomic E-state index is -0.611. The van der Waals surface area contributed by atoms with Crippen LogP contribution in [0.5, 0.6) is 0 Å². The molecule has 78 valence electrons. The highest BCUT2D eigenvalue weighted by Gasteiger charge is 1.98. The molecule has 0 aliphatic rings. The third-order valence-electron chi connectivity index (χ3n) is 1.54. The summed E-state index contributed by atoms with van der Waals surface area (Å²) < 4.78 is 5.31. The molecule has 1 unspecified atom stereocenters. The molecular formula is C12H18O2. The minimum absolute atomic E-state index is 0.239. The fourth-order valence-electron chi connectivity index (χ4n) is 0.739. The first kappa shape index (κ1) is 12.7. The van der Waals surface area contributed by atoms with Gasteiger partial charge >= 0.3 is 0 Å². The van der Waals surface area contributed by atoms with Gasteiger partial charge in [-0.1, -0.05) is 24.3 Å². The highest BCUT2D eigenvalue weighted by molar-refractivity contribution is 5.16. The lowest BCUT2D eigenvalue weighted by atomic mass is 10.3. The summed E-state index contributed by atoms with van der Waals surface area (Å²) in [5.41, 5.74) is 0. The van der Waals surface area contributed by atoms with Crippen molar-refractivity contribution in [2.45, 2.75) is 20.0 Å². The van der Waals surface area contributed by atoms with E-state index in [2.05, 4.69) is 6.58 Å². The average Bonchev–Trinajstić information content (AvgIpc) is 2.22. The Balaban J connectivity index is 3.99. The lowest BCUT2D eigenvalue weighted by molar-refractivity contribution is 0.106. The van der Waals surface area contributed by atoms with Crippen LogP contribution in [0.2, 0.25) is 0 Å². The molecule has 0 aromatic rings. The van der Waals surface area contributed by atoms with Gasteiger partial charge < -0.3 is 9.84 Å². The molecule has 0 spiro atoms. The zero-order chi connectivity index (χ0) is 10.8. The summed E-state index contributed by atoms with van der Waals surface area (Å²) in [5, 5.41) is 9.17. The van der Waals surface area contributed by atoms with Gasteiger partial charge in [0.15, 0.2) is 0 Å². The number of aliphatic hydroxyl groups excluding tert-OH is 1. The first-order chi connectivity index (χ1) is 6.74. The Morgan fingerprint density at radius 3 is 2.64 bits per heavy atom. The van der Waals surface area contributed by atoms with Gasteiger partial charge in [-0.15, -0.1) is 6.58 Å². The molecule has 0 amide bonds. The van der Waals surface area contributed by atoms with Crippen molar-refractivity contribution in [1.82, 2.24) is 0 Å². The fourth-order valence-corrected chi connectivity index (χ4v) is 0.739. The van der Waals surface area contributed by atoms with E-state index in [-0.39, 0.29) is 6.61 Å². The van der Waals surface area contributed by atoms with Crippen LogP contribution in [-0.2, 0) is 4.74 Å². The molecule has 0 saturated carbocycles. The summed E-state index contributed by atoms with van der Waals surface area (Å²) in [7, 11) is 0. The van der Waals surface area contributed by atoms with E-state index >= 15 is 0 Å². The van der Waals surface area contributed by atoms with Crippen molar-refractivity contribution in [1.29, 1.82) is 0 Å². The maximum Gasteiger partial charge on any atom is 0.118 e. The maximum atomic E-state index is 9.17. The van der Waals surface area contributed by atoms with Crippen molar-refractivity contribution in [3.63, 3.8) is 0 Å². The van der Waals surface area contributed by atoms with Crippen LogP contribution in [0.25, 0.3) is 0 Å². The number of ether oxygens (including phenoxy) is 1. The van der Waals surface area contributed by atoms with Gasteiger partial charge in [0, 0.05) is 0 Å². The van der Waals surface area contributed by atoms with Crippen LogP contribution >= 0.6 is 0 Å². The molecule has 0 aromatic heterocycles. The molecule has 0 fully saturated rings. The lowest BCUT2D eigenvalue weighted by Gasteiger charge is -2.08. The van der Waals surface area contributed by atoms with Gasteiger partial charge in [-0.2, -0.15) is 0 Å². The smallest absolute Gasteiger partial charge is 0.118 e. The zero-order valence-electron chi connectivity index (χ0n) is 8.81. The standard InChI is InChI=1S/C12H18O2/c1-4-7-8-9-12(6-3)14-10-11(13)5-2/h4-9,11,13H,2,10H2,1,3H3/b7-4-,9-8-,12-6+. The van der Waals surface area contributed by atoms with Crippen LogP contribution in [0, 0.1) is 0 Å². The third-order valence-corrected chi connectivity index (χ3v) is 1.54. The van der Waals surface area contributed by atoms with Crippen LogP contribution in [0.1, 0.15) is 13.8 Å². The predicted octanol–water partition coefficient (Wildman–Crippen LogP) is 2.59. The molecule has 0 bridgehead atoms. The molecule has 0 aromatic carbocycles.